The zero-order valence-electron chi connectivity index (χ0n) is 17.9. The number of aliphatic imine (C=N–C) groups is 1. The summed E-state index contributed by atoms with van der Waals surface area (Å²) < 4.78 is 5.75. The third-order valence-corrected chi connectivity index (χ3v) is 6.81. The summed E-state index contributed by atoms with van der Waals surface area (Å²) in [6, 6.07) is 13.8. The van der Waals surface area contributed by atoms with Crippen LogP contribution in [0.4, 0.5) is 5.69 Å². The largest absolute Gasteiger partial charge is 0.493 e. The average molecular weight is 455 g/mol. The summed E-state index contributed by atoms with van der Waals surface area (Å²) in [5.41, 5.74) is 2.86. The van der Waals surface area contributed by atoms with E-state index in [4.69, 9.17) is 21.3 Å². The van der Waals surface area contributed by atoms with Gasteiger partial charge in [0.2, 0.25) is 0 Å². The molecule has 2 aromatic rings. The number of aryl methyl sites for hydroxylation is 1. The van der Waals surface area contributed by atoms with Crippen molar-refractivity contribution in [1.82, 2.24) is 4.90 Å². The predicted octanol–water partition coefficient (Wildman–Crippen LogP) is 6.98. The van der Waals surface area contributed by atoms with Crippen LogP contribution < -0.4 is 4.74 Å². The fourth-order valence-electron chi connectivity index (χ4n) is 4.02. The third kappa shape index (κ3) is 5.16. The van der Waals surface area contributed by atoms with Crippen LogP contribution >= 0.6 is 23.4 Å². The Balaban J connectivity index is 1.72. The Bertz CT molecular complexity index is 1010. The topological polar surface area (TPSA) is 41.9 Å². The zero-order chi connectivity index (χ0) is 21.8. The first-order valence-corrected chi connectivity index (χ1v) is 12.1. The quantitative estimate of drug-likeness (QED) is 0.457. The van der Waals surface area contributed by atoms with Crippen molar-refractivity contribution < 1.29 is 9.53 Å². The van der Waals surface area contributed by atoms with Crippen LogP contribution in [-0.2, 0) is 4.79 Å². The maximum absolute atomic E-state index is 13.5. The minimum Gasteiger partial charge on any atom is -0.493 e. The summed E-state index contributed by atoms with van der Waals surface area (Å²) in [5.74, 6) is 0.742. The number of carbonyl (C=O) groups is 1. The Morgan fingerprint density at radius 3 is 2.61 bits per heavy atom. The van der Waals surface area contributed by atoms with Crippen molar-refractivity contribution in [2.75, 3.05) is 6.61 Å². The van der Waals surface area contributed by atoms with Crippen molar-refractivity contribution >= 4 is 46.2 Å². The number of amidine groups is 1. The molecule has 4 rings (SSSR count). The van der Waals surface area contributed by atoms with E-state index in [0.29, 0.717) is 16.5 Å². The molecule has 4 nitrogen and oxygen atoms in total. The molecule has 1 saturated carbocycles. The first kappa shape index (κ1) is 22.0. The van der Waals surface area contributed by atoms with E-state index in [-0.39, 0.29) is 11.9 Å². The van der Waals surface area contributed by atoms with Gasteiger partial charge in [0, 0.05) is 16.6 Å². The van der Waals surface area contributed by atoms with Crippen molar-refractivity contribution in [1.29, 1.82) is 0 Å². The van der Waals surface area contributed by atoms with Crippen LogP contribution in [0, 0.1) is 6.92 Å². The van der Waals surface area contributed by atoms with Gasteiger partial charge in [-0.2, -0.15) is 0 Å². The molecule has 31 heavy (non-hydrogen) atoms. The number of benzene rings is 2. The van der Waals surface area contributed by atoms with Crippen molar-refractivity contribution in [3.63, 3.8) is 0 Å². The van der Waals surface area contributed by atoms with E-state index in [1.54, 1.807) is 6.07 Å². The Morgan fingerprint density at radius 2 is 1.90 bits per heavy atom. The minimum absolute atomic E-state index is 0.0187. The van der Waals surface area contributed by atoms with Crippen LogP contribution in [0.3, 0.4) is 0 Å². The molecule has 0 radical (unpaired) electrons. The lowest BCUT2D eigenvalue weighted by Crippen LogP contribution is -2.40. The lowest BCUT2D eigenvalue weighted by atomic mass is 9.94. The molecule has 162 valence electrons. The number of hydrogen-bond acceptors (Lipinski definition) is 4. The predicted molar refractivity (Wildman–Crippen MR) is 130 cm³/mol. The fraction of sp³-hybridized carbons (Fsp3) is 0.360. The molecule has 2 aromatic carbocycles. The summed E-state index contributed by atoms with van der Waals surface area (Å²) in [6.45, 7) is 4.55. The summed E-state index contributed by atoms with van der Waals surface area (Å²) >= 11 is 7.66. The third-order valence-electron chi connectivity index (χ3n) is 5.59. The van der Waals surface area contributed by atoms with Gasteiger partial charge in [0.25, 0.3) is 5.91 Å². The Morgan fingerprint density at radius 1 is 1.16 bits per heavy atom. The van der Waals surface area contributed by atoms with Gasteiger partial charge in [-0.15, -0.1) is 0 Å². The van der Waals surface area contributed by atoms with Crippen LogP contribution in [0.1, 0.15) is 50.2 Å². The van der Waals surface area contributed by atoms with Crippen molar-refractivity contribution in [3.05, 3.63) is 63.5 Å². The Labute approximate surface area is 193 Å². The van der Waals surface area contributed by atoms with E-state index >= 15 is 0 Å². The summed E-state index contributed by atoms with van der Waals surface area (Å²) in [7, 11) is 0. The van der Waals surface area contributed by atoms with Gasteiger partial charge in [-0.05, 0) is 74.9 Å². The first-order chi connectivity index (χ1) is 15.0. The van der Waals surface area contributed by atoms with Crippen molar-refractivity contribution in [2.24, 2.45) is 4.99 Å². The smallest absolute Gasteiger partial charge is 0.267 e. The molecule has 1 aliphatic heterocycles. The Hall–Kier alpha value is -2.24. The molecular formula is C25H27ClN2O2S. The molecule has 0 aromatic heterocycles. The van der Waals surface area contributed by atoms with E-state index in [0.717, 1.165) is 47.9 Å². The van der Waals surface area contributed by atoms with Gasteiger partial charge in [-0.25, -0.2) is 4.99 Å². The van der Waals surface area contributed by atoms with Crippen LogP contribution in [-0.4, -0.2) is 28.6 Å². The van der Waals surface area contributed by atoms with Gasteiger partial charge in [0.1, 0.15) is 5.75 Å². The molecular weight excluding hydrogens is 428 g/mol. The molecule has 0 unspecified atom stereocenters. The molecule has 6 heteroatoms. The van der Waals surface area contributed by atoms with Gasteiger partial charge < -0.3 is 4.74 Å². The average Bonchev–Trinajstić information content (AvgIpc) is 3.07. The van der Waals surface area contributed by atoms with E-state index in [2.05, 4.69) is 6.92 Å². The number of rotatable bonds is 5. The molecule has 1 aliphatic carbocycles. The molecule has 0 spiro atoms. The highest BCUT2D eigenvalue weighted by Gasteiger charge is 2.38. The second-order valence-corrected chi connectivity index (χ2v) is 9.37. The normalized spacial score (nSPS) is 20.1. The van der Waals surface area contributed by atoms with Crippen LogP contribution in [0.25, 0.3) is 6.08 Å². The molecule has 1 saturated heterocycles. The molecule has 0 bridgehead atoms. The summed E-state index contributed by atoms with van der Waals surface area (Å²) in [5, 5.41) is 1.37. The number of hydrogen-bond donors (Lipinski definition) is 0. The first-order valence-electron chi connectivity index (χ1n) is 10.9. The van der Waals surface area contributed by atoms with E-state index in [1.165, 1.54) is 23.7 Å². The molecule has 2 aliphatic rings. The summed E-state index contributed by atoms with van der Waals surface area (Å²) in [4.78, 5) is 20.9. The molecule has 1 heterocycles. The van der Waals surface area contributed by atoms with Crippen LogP contribution in [0.5, 0.6) is 5.75 Å². The summed E-state index contributed by atoms with van der Waals surface area (Å²) in [6.07, 6.45) is 7.47. The van der Waals surface area contributed by atoms with Gasteiger partial charge in [0.05, 0.1) is 17.2 Å². The molecule has 2 fully saturated rings. The maximum atomic E-state index is 13.5. The standard InChI is InChI=1S/C25H27ClN2O2S/c1-3-30-22-14-11-19(26)15-18(22)16-23-24(29)28(21-7-5-4-6-8-21)25(31-23)27-20-12-9-17(2)10-13-20/h9-16,21H,3-8H2,1-2H3/b23-16+,27-25?. The number of ether oxygens (including phenoxy) is 1. The number of nitrogens with zero attached hydrogens (tertiary/aromatic N) is 2. The minimum atomic E-state index is 0.0187. The molecule has 0 atom stereocenters. The second kappa shape index (κ2) is 9.92. The SMILES string of the molecule is CCOc1ccc(Cl)cc1/C=C1/SC(=Nc2ccc(C)cc2)N(C2CCCCC2)C1=O. The lowest BCUT2D eigenvalue weighted by molar-refractivity contribution is -0.124. The highest BCUT2D eigenvalue weighted by Crippen LogP contribution is 2.39. The van der Waals surface area contributed by atoms with Crippen LogP contribution in [0.15, 0.2) is 52.4 Å². The van der Waals surface area contributed by atoms with E-state index < -0.39 is 0 Å². The van der Waals surface area contributed by atoms with Crippen molar-refractivity contribution in [2.45, 2.75) is 52.0 Å². The van der Waals surface area contributed by atoms with Gasteiger partial charge >= 0.3 is 0 Å². The Kier molecular flexibility index (Phi) is 7.03. The zero-order valence-corrected chi connectivity index (χ0v) is 19.5. The number of carbonyl (C=O) groups excluding carboxylic acids is 1. The second-order valence-electron chi connectivity index (χ2n) is 7.92. The number of amides is 1. The fourth-order valence-corrected chi connectivity index (χ4v) is 5.25. The highest BCUT2D eigenvalue weighted by molar-refractivity contribution is 8.18. The maximum Gasteiger partial charge on any atom is 0.267 e. The molecule has 0 N–H and O–H groups in total. The van der Waals surface area contributed by atoms with Crippen LogP contribution in [0.2, 0.25) is 5.02 Å². The number of halogens is 1. The van der Waals surface area contributed by atoms with E-state index in [1.807, 2.05) is 54.3 Å². The lowest BCUT2D eigenvalue weighted by Gasteiger charge is -2.30. The molecule has 1 amide bonds. The van der Waals surface area contributed by atoms with Gasteiger partial charge in [0.15, 0.2) is 5.17 Å². The van der Waals surface area contributed by atoms with Gasteiger partial charge in [-0.1, -0.05) is 48.6 Å². The highest BCUT2D eigenvalue weighted by atomic mass is 35.5. The van der Waals surface area contributed by atoms with E-state index in [9.17, 15) is 4.79 Å². The number of thioether (sulfide) groups is 1. The van der Waals surface area contributed by atoms with Crippen molar-refractivity contribution in [3.8, 4) is 5.75 Å². The van der Waals surface area contributed by atoms with Gasteiger partial charge in [-0.3, -0.25) is 9.69 Å². The monoisotopic (exact) mass is 454 g/mol.